The Morgan fingerprint density at radius 3 is 2.67 bits per heavy atom. The molecule has 1 fully saturated rings. The monoisotopic (exact) mass is 294 g/mol. The summed E-state index contributed by atoms with van der Waals surface area (Å²) in [7, 11) is 0. The van der Waals surface area contributed by atoms with E-state index in [0.29, 0.717) is 18.4 Å². The van der Waals surface area contributed by atoms with Gasteiger partial charge in [-0.2, -0.15) is 0 Å². The number of carboxylic acid groups (broad SMARTS) is 1. The largest absolute Gasteiger partial charge is 0.481 e. The van der Waals surface area contributed by atoms with Gasteiger partial charge in [0, 0.05) is 18.0 Å². The fourth-order valence-corrected chi connectivity index (χ4v) is 2.40. The molecule has 0 saturated carbocycles. The van der Waals surface area contributed by atoms with Crippen molar-refractivity contribution in [2.45, 2.75) is 37.5 Å². The van der Waals surface area contributed by atoms with Gasteiger partial charge in [-0.05, 0) is 25.0 Å². The summed E-state index contributed by atoms with van der Waals surface area (Å²) < 4.78 is 5.54. The number of carbonyl (C=O) groups is 2. The van der Waals surface area contributed by atoms with Gasteiger partial charge in [-0.15, -0.1) is 0 Å². The third-order valence-electron chi connectivity index (χ3n) is 3.46. The molecule has 3 atom stereocenters. The van der Waals surface area contributed by atoms with E-state index in [2.05, 4.69) is 10.3 Å². The highest BCUT2D eigenvalue weighted by Gasteiger charge is 2.32. The molecule has 1 aromatic rings. The number of pyridine rings is 1. The summed E-state index contributed by atoms with van der Waals surface area (Å²) in [6.07, 6.45) is 3.05. The first kappa shape index (κ1) is 15.4. The number of aliphatic hydroxyl groups is 1. The normalized spacial score (nSPS) is 25.3. The molecule has 7 nitrogen and oxygen atoms in total. The quantitative estimate of drug-likeness (QED) is 0.715. The SMILES string of the molecule is O=C(O)C[C@@H]1CC[C@H](NC(=O)c2ccncc2)[C@@H](CO)O1. The molecule has 3 N–H and O–H groups in total. The Kier molecular flexibility index (Phi) is 5.24. The molecule has 7 heteroatoms. The van der Waals surface area contributed by atoms with Crippen LogP contribution in [0.1, 0.15) is 29.6 Å². The molecular weight excluding hydrogens is 276 g/mol. The van der Waals surface area contributed by atoms with E-state index in [4.69, 9.17) is 9.84 Å². The number of nitrogens with one attached hydrogen (secondary N) is 1. The van der Waals surface area contributed by atoms with Gasteiger partial charge < -0.3 is 20.3 Å². The Bertz CT molecular complexity index is 493. The van der Waals surface area contributed by atoms with Crippen molar-refractivity contribution in [3.63, 3.8) is 0 Å². The highest BCUT2D eigenvalue weighted by molar-refractivity contribution is 5.94. The van der Waals surface area contributed by atoms with Crippen molar-refractivity contribution in [1.29, 1.82) is 0 Å². The summed E-state index contributed by atoms with van der Waals surface area (Å²) >= 11 is 0. The number of ether oxygens (including phenoxy) is 1. The minimum Gasteiger partial charge on any atom is -0.481 e. The lowest BCUT2D eigenvalue weighted by Gasteiger charge is -2.35. The van der Waals surface area contributed by atoms with Gasteiger partial charge in [-0.3, -0.25) is 14.6 Å². The summed E-state index contributed by atoms with van der Waals surface area (Å²) in [6.45, 7) is -0.266. The van der Waals surface area contributed by atoms with E-state index in [1.54, 1.807) is 12.1 Å². The van der Waals surface area contributed by atoms with E-state index in [0.717, 1.165) is 0 Å². The average molecular weight is 294 g/mol. The lowest BCUT2D eigenvalue weighted by molar-refractivity contribution is -0.145. The highest BCUT2D eigenvalue weighted by atomic mass is 16.5. The number of aliphatic hydroxyl groups excluding tert-OH is 1. The first-order valence-electron chi connectivity index (χ1n) is 6.79. The molecule has 0 unspecified atom stereocenters. The van der Waals surface area contributed by atoms with Crippen molar-refractivity contribution in [2.75, 3.05) is 6.61 Å². The van der Waals surface area contributed by atoms with Crippen LogP contribution in [0, 0.1) is 0 Å². The van der Waals surface area contributed by atoms with Crippen LogP contribution in [0.25, 0.3) is 0 Å². The maximum Gasteiger partial charge on any atom is 0.305 e. The van der Waals surface area contributed by atoms with Crippen LogP contribution in [0.4, 0.5) is 0 Å². The number of hydrogen-bond donors (Lipinski definition) is 3. The molecule has 1 saturated heterocycles. The number of hydrogen-bond acceptors (Lipinski definition) is 5. The van der Waals surface area contributed by atoms with Gasteiger partial charge in [-0.1, -0.05) is 0 Å². The van der Waals surface area contributed by atoms with Crippen LogP contribution in [0.5, 0.6) is 0 Å². The number of carbonyl (C=O) groups excluding carboxylic acids is 1. The maximum atomic E-state index is 12.1. The van der Waals surface area contributed by atoms with Crippen molar-refractivity contribution in [3.05, 3.63) is 30.1 Å². The van der Waals surface area contributed by atoms with E-state index < -0.39 is 18.2 Å². The van der Waals surface area contributed by atoms with E-state index in [-0.39, 0.29) is 25.0 Å². The summed E-state index contributed by atoms with van der Waals surface area (Å²) in [6, 6.07) is 2.86. The van der Waals surface area contributed by atoms with Gasteiger partial charge in [0.2, 0.25) is 0 Å². The minimum atomic E-state index is -0.934. The van der Waals surface area contributed by atoms with Gasteiger partial charge >= 0.3 is 5.97 Å². The molecule has 1 amide bonds. The van der Waals surface area contributed by atoms with Crippen molar-refractivity contribution >= 4 is 11.9 Å². The number of aliphatic carboxylic acids is 1. The molecule has 1 aromatic heterocycles. The van der Waals surface area contributed by atoms with Crippen LogP contribution in [-0.2, 0) is 9.53 Å². The number of amides is 1. The molecule has 2 heterocycles. The van der Waals surface area contributed by atoms with Crippen molar-refractivity contribution in [2.24, 2.45) is 0 Å². The second-order valence-corrected chi connectivity index (χ2v) is 4.97. The van der Waals surface area contributed by atoms with Gasteiger partial charge in [0.05, 0.1) is 25.2 Å². The summed E-state index contributed by atoms with van der Waals surface area (Å²) in [5.41, 5.74) is 0.481. The van der Waals surface area contributed by atoms with Gasteiger partial charge in [0.1, 0.15) is 6.10 Å². The second kappa shape index (κ2) is 7.14. The topological polar surface area (TPSA) is 109 Å². The van der Waals surface area contributed by atoms with Crippen LogP contribution in [0.2, 0.25) is 0 Å². The molecule has 114 valence electrons. The van der Waals surface area contributed by atoms with Crippen LogP contribution < -0.4 is 5.32 Å². The molecule has 2 rings (SSSR count). The zero-order valence-electron chi connectivity index (χ0n) is 11.4. The Morgan fingerprint density at radius 1 is 1.33 bits per heavy atom. The lowest BCUT2D eigenvalue weighted by atomic mass is 9.97. The molecule has 21 heavy (non-hydrogen) atoms. The first-order valence-corrected chi connectivity index (χ1v) is 6.79. The second-order valence-electron chi connectivity index (χ2n) is 4.97. The van der Waals surface area contributed by atoms with Gasteiger partial charge in [0.25, 0.3) is 5.91 Å². The van der Waals surface area contributed by atoms with Crippen molar-refractivity contribution in [3.8, 4) is 0 Å². The standard InChI is InChI=1S/C14H18N2O5/c17-8-12-11(2-1-10(21-12)7-13(18)19)16-14(20)9-3-5-15-6-4-9/h3-6,10-12,17H,1-2,7-8H2,(H,16,20)(H,18,19)/t10-,11-,12+/m0/s1. The van der Waals surface area contributed by atoms with Crippen molar-refractivity contribution in [1.82, 2.24) is 10.3 Å². The average Bonchev–Trinajstić information content (AvgIpc) is 2.49. The Hall–Kier alpha value is -1.99. The highest BCUT2D eigenvalue weighted by Crippen LogP contribution is 2.22. The van der Waals surface area contributed by atoms with E-state index in [1.807, 2.05) is 0 Å². The molecular formula is C14H18N2O5. The molecule has 0 bridgehead atoms. The van der Waals surface area contributed by atoms with E-state index >= 15 is 0 Å². The molecule has 0 spiro atoms. The van der Waals surface area contributed by atoms with Crippen LogP contribution >= 0.6 is 0 Å². The zero-order chi connectivity index (χ0) is 15.2. The lowest BCUT2D eigenvalue weighted by Crippen LogP contribution is -2.51. The molecule has 1 aliphatic rings. The van der Waals surface area contributed by atoms with E-state index in [9.17, 15) is 14.7 Å². The number of rotatable bonds is 5. The Labute approximate surface area is 122 Å². The number of carboxylic acids is 1. The predicted octanol–water partition coefficient (Wildman–Crippen LogP) is 0.195. The third kappa shape index (κ3) is 4.24. The minimum absolute atomic E-state index is 0.0957. The Morgan fingerprint density at radius 2 is 2.05 bits per heavy atom. The predicted molar refractivity (Wildman–Crippen MR) is 72.7 cm³/mol. The number of aromatic nitrogens is 1. The summed E-state index contributed by atoms with van der Waals surface area (Å²) in [5.74, 6) is -1.20. The molecule has 0 radical (unpaired) electrons. The molecule has 0 aromatic carbocycles. The van der Waals surface area contributed by atoms with Gasteiger partial charge in [0.15, 0.2) is 0 Å². The smallest absolute Gasteiger partial charge is 0.305 e. The maximum absolute atomic E-state index is 12.1. The third-order valence-corrected chi connectivity index (χ3v) is 3.46. The summed E-state index contributed by atoms with van der Waals surface area (Å²) in [5, 5.41) is 20.9. The van der Waals surface area contributed by atoms with Crippen LogP contribution in [0.3, 0.4) is 0 Å². The number of nitrogens with zero attached hydrogens (tertiary/aromatic N) is 1. The zero-order valence-corrected chi connectivity index (χ0v) is 11.4. The van der Waals surface area contributed by atoms with Crippen molar-refractivity contribution < 1.29 is 24.5 Å². The Balaban J connectivity index is 1.94. The summed E-state index contributed by atoms with van der Waals surface area (Å²) in [4.78, 5) is 26.6. The molecule has 1 aliphatic heterocycles. The fraction of sp³-hybridized carbons (Fsp3) is 0.500. The van der Waals surface area contributed by atoms with Crippen LogP contribution in [0.15, 0.2) is 24.5 Å². The fourth-order valence-electron chi connectivity index (χ4n) is 2.40. The van der Waals surface area contributed by atoms with E-state index in [1.165, 1.54) is 12.4 Å². The molecule has 0 aliphatic carbocycles. The first-order chi connectivity index (χ1) is 10.1. The van der Waals surface area contributed by atoms with Gasteiger partial charge in [-0.25, -0.2) is 0 Å². The van der Waals surface area contributed by atoms with Crippen LogP contribution in [-0.4, -0.2) is 51.9 Å².